The Morgan fingerprint density at radius 2 is 1.77 bits per heavy atom. The van der Waals surface area contributed by atoms with Crippen molar-refractivity contribution in [2.75, 3.05) is 12.5 Å². The first kappa shape index (κ1) is 16.7. The van der Waals surface area contributed by atoms with Crippen LogP contribution in [0.1, 0.15) is 5.56 Å². The SMILES string of the molecule is COc1ccccc1CC(=O)NNc1c(Cl)cc(Cl)cc1Cl. The normalized spacial score (nSPS) is 10.2. The van der Waals surface area contributed by atoms with Crippen LogP contribution in [0.2, 0.25) is 15.1 Å². The fraction of sp³-hybridized carbons (Fsp3) is 0.133. The van der Waals surface area contributed by atoms with E-state index in [1.807, 2.05) is 18.2 Å². The summed E-state index contributed by atoms with van der Waals surface area (Å²) in [5.41, 5.74) is 6.41. The number of rotatable bonds is 5. The second-order valence-electron chi connectivity index (χ2n) is 4.41. The fourth-order valence-electron chi connectivity index (χ4n) is 1.86. The number of para-hydroxylation sites is 1. The Morgan fingerprint density at radius 1 is 1.14 bits per heavy atom. The monoisotopic (exact) mass is 358 g/mol. The second kappa shape index (κ2) is 7.58. The number of anilines is 1. The van der Waals surface area contributed by atoms with Crippen LogP contribution >= 0.6 is 34.8 Å². The van der Waals surface area contributed by atoms with E-state index in [2.05, 4.69) is 10.9 Å². The quantitative estimate of drug-likeness (QED) is 0.781. The number of ether oxygens (including phenoxy) is 1. The van der Waals surface area contributed by atoms with Crippen LogP contribution in [0.3, 0.4) is 0 Å². The maximum absolute atomic E-state index is 12.0. The van der Waals surface area contributed by atoms with Gasteiger partial charge in [-0.3, -0.25) is 15.6 Å². The topological polar surface area (TPSA) is 50.4 Å². The number of hydrogen-bond acceptors (Lipinski definition) is 3. The Hall–Kier alpha value is -1.62. The Balaban J connectivity index is 2.02. The molecule has 0 unspecified atom stereocenters. The molecule has 0 atom stereocenters. The number of hydrogen-bond donors (Lipinski definition) is 2. The number of methoxy groups -OCH3 is 1. The van der Waals surface area contributed by atoms with Gasteiger partial charge in [-0.05, 0) is 18.2 Å². The van der Waals surface area contributed by atoms with Crippen molar-refractivity contribution in [3.63, 3.8) is 0 Å². The number of carbonyl (C=O) groups excluding carboxylic acids is 1. The summed E-state index contributed by atoms with van der Waals surface area (Å²) in [6.07, 6.45) is 0.153. The predicted octanol–water partition coefficient (Wildman–Crippen LogP) is 4.34. The van der Waals surface area contributed by atoms with E-state index in [9.17, 15) is 4.79 Å². The zero-order chi connectivity index (χ0) is 16.1. The molecule has 2 rings (SSSR count). The molecule has 0 spiro atoms. The molecule has 2 aromatic carbocycles. The molecular weight excluding hydrogens is 347 g/mol. The largest absolute Gasteiger partial charge is 0.496 e. The highest BCUT2D eigenvalue weighted by molar-refractivity contribution is 6.41. The smallest absolute Gasteiger partial charge is 0.242 e. The van der Waals surface area contributed by atoms with E-state index in [0.717, 1.165) is 5.56 Å². The van der Waals surface area contributed by atoms with Gasteiger partial charge in [0.05, 0.1) is 29.3 Å². The summed E-state index contributed by atoms with van der Waals surface area (Å²) in [6.45, 7) is 0. The van der Waals surface area contributed by atoms with E-state index in [-0.39, 0.29) is 12.3 Å². The number of hydrazine groups is 1. The third-order valence-corrected chi connectivity index (χ3v) is 3.69. The first-order valence-corrected chi connectivity index (χ1v) is 7.46. The van der Waals surface area contributed by atoms with E-state index >= 15 is 0 Å². The Bertz CT molecular complexity index is 669. The minimum atomic E-state index is -0.258. The summed E-state index contributed by atoms with van der Waals surface area (Å²) in [5.74, 6) is 0.395. The van der Waals surface area contributed by atoms with Gasteiger partial charge in [0.25, 0.3) is 0 Å². The molecule has 0 bridgehead atoms. The van der Waals surface area contributed by atoms with Crippen molar-refractivity contribution in [2.24, 2.45) is 0 Å². The molecule has 2 aromatic rings. The molecular formula is C15H13Cl3N2O2. The molecule has 0 saturated heterocycles. The first-order valence-electron chi connectivity index (χ1n) is 6.32. The van der Waals surface area contributed by atoms with E-state index in [1.54, 1.807) is 13.2 Å². The fourth-order valence-corrected chi connectivity index (χ4v) is 2.77. The predicted molar refractivity (Wildman–Crippen MR) is 89.9 cm³/mol. The van der Waals surface area contributed by atoms with Crippen LogP contribution in [0.5, 0.6) is 5.75 Å². The summed E-state index contributed by atoms with van der Waals surface area (Å²) in [4.78, 5) is 12.0. The third kappa shape index (κ3) is 4.19. The number of nitrogens with one attached hydrogen (secondary N) is 2. The number of halogens is 3. The molecule has 0 radical (unpaired) electrons. The molecule has 0 aliphatic rings. The number of benzene rings is 2. The standard InChI is InChI=1S/C15H13Cl3N2O2/c1-22-13-5-3-2-4-9(13)6-14(21)19-20-15-11(17)7-10(16)8-12(15)18/h2-5,7-8,20H,6H2,1H3,(H,19,21). The third-order valence-electron chi connectivity index (χ3n) is 2.88. The molecule has 0 aromatic heterocycles. The highest BCUT2D eigenvalue weighted by Crippen LogP contribution is 2.33. The lowest BCUT2D eigenvalue weighted by atomic mass is 10.1. The molecule has 0 heterocycles. The molecule has 4 nitrogen and oxygen atoms in total. The lowest BCUT2D eigenvalue weighted by molar-refractivity contribution is -0.119. The van der Waals surface area contributed by atoms with Gasteiger partial charge in [-0.2, -0.15) is 0 Å². The van der Waals surface area contributed by atoms with Crippen molar-refractivity contribution >= 4 is 46.4 Å². The molecule has 0 aliphatic heterocycles. The molecule has 22 heavy (non-hydrogen) atoms. The average molecular weight is 360 g/mol. The van der Waals surface area contributed by atoms with Gasteiger partial charge >= 0.3 is 0 Å². The number of carbonyl (C=O) groups is 1. The van der Waals surface area contributed by atoms with Gasteiger partial charge in [0.2, 0.25) is 5.91 Å². The molecule has 116 valence electrons. The highest BCUT2D eigenvalue weighted by Gasteiger charge is 2.11. The van der Waals surface area contributed by atoms with Crippen LogP contribution in [0.25, 0.3) is 0 Å². The first-order chi connectivity index (χ1) is 10.5. The molecule has 0 fully saturated rings. The van der Waals surface area contributed by atoms with E-state index in [0.29, 0.717) is 26.5 Å². The lowest BCUT2D eigenvalue weighted by Gasteiger charge is -2.13. The second-order valence-corrected chi connectivity index (χ2v) is 5.66. The highest BCUT2D eigenvalue weighted by atomic mass is 35.5. The van der Waals surface area contributed by atoms with Gasteiger partial charge in [0.15, 0.2) is 0 Å². The van der Waals surface area contributed by atoms with Gasteiger partial charge in [0.1, 0.15) is 5.75 Å². The number of amides is 1. The minimum Gasteiger partial charge on any atom is -0.496 e. The van der Waals surface area contributed by atoms with Crippen molar-refractivity contribution in [3.8, 4) is 5.75 Å². The Kier molecular flexibility index (Phi) is 5.77. The van der Waals surface area contributed by atoms with Crippen molar-refractivity contribution < 1.29 is 9.53 Å². The van der Waals surface area contributed by atoms with E-state index in [1.165, 1.54) is 12.1 Å². The van der Waals surface area contributed by atoms with Gasteiger partial charge in [0, 0.05) is 10.6 Å². The Morgan fingerprint density at radius 3 is 2.41 bits per heavy atom. The molecule has 0 aliphatic carbocycles. The minimum absolute atomic E-state index is 0.153. The van der Waals surface area contributed by atoms with Crippen molar-refractivity contribution in [1.82, 2.24) is 5.43 Å². The molecule has 7 heteroatoms. The van der Waals surface area contributed by atoms with Gasteiger partial charge in [-0.25, -0.2) is 0 Å². The van der Waals surface area contributed by atoms with E-state index < -0.39 is 0 Å². The summed E-state index contributed by atoms with van der Waals surface area (Å²) >= 11 is 17.9. The molecule has 1 amide bonds. The summed E-state index contributed by atoms with van der Waals surface area (Å²) < 4.78 is 5.20. The van der Waals surface area contributed by atoms with Crippen molar-refractivity contribution in [1.29, 1.82) is 0 Å². The zero-order valence-corrected chi connectivity index (χ0v) is 13.9. The van der Waals surface area contributed by atoms with Crippen LogP contribution < -0.4 is 15.6 Å². The Labute approximate surface area is 143 Å². The molecule has 2 N–H and O–H groups in total. The van der Waals surface area contributed by atoms with Gasteiger partial charge in [-0.1, -0.05) is 53.0 Å². The van der Waals surface area contributed by atoms with Crippen molar-refractivity contribution in [3.05, 3.63) is 57.0 Å². The maximum Gasteiger partial charge on any atom is 0.242 e. The van der Waals surface area contributed by atoms with Crippen molar-refractivity contribution in [2.45, 2.75) is 6.42 Å². The van der Waals surface area contributed by atoms with Crippen LogP contribution in [0.15, 0.2) is 36.4 Å². The van der Waals surface area contributed by atoms with Crippen LogP contribution in [-0.2, 0) is 11.2 Å². The van der Waals surface area contributed by atoms with Gasteiger partial charge in [-0.15, -0.1) is 0 Å². The summed E-state index contributed by atoms with van der Waals surface area (Å²) in [5, 5.41) is 1.05. The average Bonchev–Trinajstić information content (AvgIpc) is 2.46. The molecule has 0 saturated carbocycles. The van der Waals surface area contributed by atoms with Crippen LogP contribution in [0.4, 0.5) is 5.69 Å². The van der Waals surface area contributed by atoms with Crippen LogP contribution in [0, 0.1) is 0 Å². The van der Waals surface area contributed by atoms with Crippen LogP contribution in [-0.4, -0.2) is 13.0 Å². The van der Waals surface area contributed by atoms with E-state index in [4.69, 9.17) is 39.5 Å². The van der Waals surface area contributed by atoms with Gasteiger partial charge < -0.3 is 4.74 Å². The summed E-state index contributed by atoms with van der Waals surface area (Å²) in [7, 11) is 1.56. The summed E-state index contributed by atoms with van der Waals surface area (Å²) in [6, 6.07) is 10.4. The maximum atomic E-state index is 12.0. The lowest BCUT2D eigenvalue weighted by Crippen LogP contribution is -2.31. The zero-order valence-electron chi connectivity index (χ0n) is 11.6.